The molecule has 2 heterocycles. The highest BCUT2D eigenvalue weighted by Gasteiger charge is 2.29. The smallest absolute Gasteiger partial charge is 0.325 e. The number of primary amides is 1. The van der Waals surface area contributed by atoms with Crippen LogP contribution in [0.4, 0.5) is 5.69 Å². The van der Waals surface area contributed by atoms with Gasteiger partial charge in [-0.2, -0.15) is 0 Å². The Balaban J connectivity index is 1.66. The summed E-state index contributed by atoms with van der Waals surface area (Å²) in [6.45, 7) is 3.86. The van der Waals surface area contributed by atoms with Crippen LogP contribution in [0.1, 0.15) is 18.9 Å². The van der Waals surface area contributed by atoms with Gasteiger partial charge < -0.3 is 30.2 Å². The van der Waals surface area contributed by atoms with E-state index in [1.807, 2.05) is 6.07 Å². The molecule has 2 aliphatic heterocycles. The Hall–Kier alpha value is -3.18. The van der Waals surface area contributed by atoms with Gasteiger partial charge in [-0.1, -0.05) is 6.07 Å². The second-order valence-corrected chi connectivity index (χ2v) is 7.60. The van der Waals surface area contributed by atoms with Crippen molar-refractivity contribution in [3.63, 3.8) is 0 Å². The fourth-order valence-electron chi connectivity index (χ4n) is 3.61. The minimum absolute atomic E-state index is 0.0418. The highest BCUT2D eigenvalue weighted by atomic mass is 16.5. The maximum absolute atomic E-state index is 11.9. The number of nitrogens with two attached hydrogens (primary N) is 1. The Morgan fingerprint density at radius 3 is 2.88 bits per heavy atom. The van der Waals surface area contributed by atoms with Crippen molar-refractivity contribution in [3.05, 3.63) is 23.8 Å². The number of amides is 2. The lowest BCUT2D eigenvalue weighted by molar-refractivity contribution is -0.141. The van der Waals surface area contributed by atoms with Gasteiger partial charge >= 0.3 is 5.97 Å². The molecule has 2 aliphatic rings. The van der Waals surface area contributed by atoms with Crippen LogP contribution < -0.4 is 21.1 Å². The number of nitrogens with zero attached hydrogens (tertiary/aromatic N) is 2. The molecule has 3 rings (SSSR count). The number of carbonyl (C=O) groups excluding carboxylic acids is 3. The van der Waals surface area contributed by atoms with Gasteiger partial charge in [0, 0.05) is 32.6 Å². The largest absolute Gasteiger partial charge is 0.493 e. The van der Waals surface area contributed by atoms with E-state index >= 15 is 0 Å². The van der Waals surface area contributed by atoms with Gasteiger partial charge in [-0.05, 0) is 18.1 Å². The number of esters is 1. The molecule has 0 radical (unpaired) electrons. The molecule has 11 nitrogen and oxygen atoms in total. The molecule has 2 unspecified atom stereocenters. The molecule has 1 aromatic rings. The van der Waals surface area contributed by atoms with E-state index in [0.29, 0.717) is 37.6 Å². The monoisotopic (exact) mass is 447 g/mol. The Morgan fingerprint density at radius 2 is 2.22 bits per heavy atom. The first-order valence-electron chi connectivity index (χ1n) is 10.4. The number of fused-ring (bicyclic) bond motifs is 1. The highest BCUT2D eigenvalue weighted by molar-refractivity contribution is 5.99. The van der Waals surface area contributed by atoms with Crippen molar-refractivity contribution in [1.29, 1.82) is 0 Å². The Labute approximate surface area is 186 Å². The zero-order valence-electron chi connectivity index (χ0n) is 18.3. The molecular formula is C21H29N5O6. The third-order valence-corrected chi connectivity index (χ3v) is 5.25. The lowest BCUT2D eigenvalue weighted by atomic mass is 9.97. The first-order valence-corrected chi connectivity index (χ1v) is 10.4. The van der Waals surface area contributed by atoms with Gasteiger partial charge in [0.15, 0.2) is 0 Å². The van der Waals surface area contributed by atoms with E-state index in [9.17, 15) is 14.4 Å². The van der Waals surface area contributed by atoms with Crippen molar-refractivity contribution in [2.45, 2.75) is 26.0 Å². The number of guanidine groups is 1. The molecule has 0 spiro atoms. The normalized spacial score (nSPS) is 18.8. The molecule has 0 aliphatic carbocycles. The molecule has 4 N–H and O–H groups in total. The molecule has 2 atom stereocenters. The van der Waals surface area contributed by atoms with Gasteiger partial charge in [-0.25, -0.2) is 4.99 Å². The minimum atomic E-state index is -0.448. The zero-order valence-corrected chi connectivity index (χ0v) is 18.3. The number of morpholine rings is 1. The standard InChI is InChI=1S/C21H29N5O6/c1-13(27)24-21-25-17-9-15(4-3-14(17)11-26(21)12-19(28)30-2)31-7-5-16(20(22)29)18-10-23-6-8-32-18/h3-4,9,16,18,23H,5-8,10-12H2,1-2H3,(H2,22,29)(H,24,25,27). The average molecular weight is 447 g/mol. The molecule has 1 aromatic carbocycles. The molecule has 174 valence electrons. The summed E-state index contributed by atoms with van der Waals surface area (Å²) >= 11 is 0. The summed E-state index contributed by atoms with van der Waals surface area (Å²) in [5, 5.41) is 5.84. The summed E-state index contributed by atoms with van der Waals surface area (Å²) in [5.41, 5.74) is 7.05. The van der Waals surface area contributed by atoms with Crippen LogP contribution in [0.5, 0.6) is 5.75 Å². The topological polar surface area (TPSA) is 145 Å². The van der Waals surface area contributed by atoms with Crippen LogP contribution in [0, 0.1) is 5.92 Å². The first kappa shape index (κ1) is 23.5. The number of rotatable bonds is 8. The number of nitrogens with one attached hydrogen (secondary N) is 2. The molecule has 0 saturated carbocycles. The number of hydrogen-bond acceptors (Lipinski definition) is 9. The van der Waals surface area contributed by atoms with E-state index in [1.54, 1.807) is 17.0 Å². The van der Waals surface area contributed by atoms with E-state index in [4.69, 9.17) is 19.9 Å². The van der Waals surface area contributed by atoms with Crippen LogP contribution in [-0.4, -0.2) is 74.7 Å². The molecule has 2 amide bonds. The van der Waals surface area contributed by atoms with Crippen LogP contribution in [0.15, 0.2) is 23.2 Å². The second kappa shape index (κ2) is 10.9. The van der Waals surface area contributed by atoms with E-state index in [2.05, 4.69) is 15.6 Å². The summed E-state index contributed by atoms with van der Waals surface area (Å²) < 4.78 is 16.2. The van der Waals surface area contributed by atoms with Crippen molar-refractivity contribution < 1.29 is 28.6 Å². The van der Waals surface area contributed by atoms with Crippen molar-refractivity contribution in [3.8, 4) is 5.75 Å². The maximum Gasteiger partial charge on any atom is 0.325 e. The SMILES string of the molecule is COC(=O)CN1Cc2ccc(OCCC(C(N)=O)C3CNCCO3)cc2N=C1NC(C)=O. The summed E-state index contributed by atoms with van der Waals surface area (Å²) in [6.07, 6.45) is 0.158. The third-order valence-electron chi connectivity index (χ3n) is 5.25. The lowest BCUT2D eigenvalue weighted by Gasteiger charge is -2.30. The predicted molar refractivity (Wildman–Crippen MR) is 115 cm³/mol. The van der Waals surface area contributed by atoms with Crippen molar-refractivity contribution in [2.75, 3.05) is 40.0 Å². The van der Waals surface area contributed by atoms with E-state index in [0.717, 1.165) is 12.1 Å². The van der Waals surface area contributed by atoms with E-state index in [-0.39, 0.29) is 31.1 Å². The average Bonchev–Trinajstić information content (AvgIpc) is 2.77. The summed E-state index contributed by atoms with van der Waals surface area (Å²) in [7, 11) is 1.30. The van der Waals surface area contributed by atoms with Gasteiger partial charge in [-0.3, -0.25) is 19.7 Å². The van der Waals surface area contributed by atoms with Crippen LogP contribution in [0.2, 0.25) is 0 Å². The first-order chi connectivity index (χ1) is 15.4. The quantitative estimate of drug-likeness (QED) is 0.459. The molecule has 1 saturated heterocycles. The van der Waals surface area contributed by atoms with Crippen LogP contribution in [-0.2, 0) is 30.4 Å². The predicted octanol–water partition coefficient (Wildman–Crippen LogP) is -0.342. The molecule has 1 fully saturated rings. The fraction of sp³-hybridized carbons (Fsp3) is 0.524. The number of aliphatic imine (C=N–C) groups is 1. The summed E-state index contributed by atoms with van der Waals surface area (Å²) in [6, 6.07) is 5.40. The van der Waals surface area contributed by atoms with Gasteiger partial charge in [0.2, 0.25) is 17.8 Å². The van der Waals surface area contributed by atoms with Gasteiger partial charge in [0.1, 0.15) is 12.3 Å². The van der Waals surface area contributed by atoms with Crippen LogP contribution in [0.25, 0.3) is 0 Å². The molecule has 32 heavy (non-hydrogen) atoms. The minimum Gasteiger partial charge on any atom is -0.493 e. The van der Waals surface area contributed by atoms with Crippen molar-refractivity contribution in [2.24, 2.45) is 16.6 Å². The number of ether oxygens (including phenoxy) is 3. The number of carbonyl (C=O) groups is 3. The molecular weight excluding hydrogens is 418 g/mol. The van der Waals surface area contributed by atoms with Gasteiger partial charge in [0.05, 0.1) is 38.0 Å². The van der Waals surface area contributed by atoms with E-state index in [1.165, 1.54) is 14.0 Å². The molecule has 11 heteroatoms. The number of benzene rings is 1. The van der Waals surface area contributed by atoms with Crippen LogP contribution in [0.3, 0.4) is 0 Å². The Bertz CT molecular complexity index is 883. The summed E-state index contributed by atoms with van der Waals surface area (Å²) in [4.78, 5) is 41.3. The van der Waals surface area contributed by atoms with Gasteiger partial charge in [-0.15, -0.1) is 0 Å². The fourth-order valence-corrected chi connectivity index (χ4v) is 3.61. The summed E-state index contributed by atoms with van der Waals surface area (Å²) in [5.74, 6) is -0.760. The lowest BCUT2D eigenvalue weighted by Crippen LogP contribution is -2.47. The Kier molecular flexibility index (Phi) is 8.01. The van der Waals surface area contributed by atoms with Gasteiger partial charge in [0.25, 0.3) is 0 Å². The maximum atomic E-state index is 11.9. The number of hydrogen-bond donors (Lipinski definition) is 3. The number of methoxy groups -OCH3 is 1. The third kappa shape index (κ3) is 6.17. The van der Waals surface area contributed by atoms with Crippen molar-refractivity contribution in [1.82, 2.24) is 15.5 Å². The molecule has 0 aromatic heterocycles. The molecule has 0 bridgehead atoms. The zero-order chi connectivity index (χ0) is 23.1. The van der Waals surface area contributed by atoms with Crippen molar-refractivity contribution >= 4 is 29.4 Å². The second-order valence-electron chi connectivity index (χ2n) is 7.60. The van der Waals surface area contributed by atoms with E-state index < -0.39 is 17.8 Å². The Morgan fingerprint density at radius 1 is 1.41 bits per heavy atom. The van der Waals surface area contributed by atoms with Crippen LogP contribution >= 0.6 is 0 Å². The highest BCUT2D eigenvalue weighted by Crippen LogP contribution is 2.30.